The first kappa shape index (κ1) is 32.6. The van der Waals surface area contributed by atoms with Crippen molar-refractivity contribution < 1.29 is 30.6 Å². The number of hydrogen-bond donors (Lipinski definition) is 2. The molecule has 0 radical (unpaired) electrons. The van der Waals surface area contributed by atoms with Crippen LogP contribution in [0.25, 0.3) is 98.5 Å². The Hall–Kier alpha value is -6.29. The number of nitrogens with one attached hydrogen (secondary N) is 1. The van der Waals surface area contributed by atoms with Crippen LogP contribution < -0.4 is 0 Å². The fourth-order valence-corrected chi connectivity index (χ4v) is 7.92. The van der Waals surface area contributed by atoms with Crippen molar-refractivity contribution in [1.82, 2.24) is 9.55 Å². The zero-order chi connectivity index (χ0) is 34.8. The van der Waals surface area contributed by atoms with Gasteiger partial charge in [-0.25, -0.2) is 0 Å². The van der Waals surface area contributed by atoms with Gasteiger partial charge in [0.15, 0.2) is 0 Å². The summed E-state index contributed by atoms with van der Waals surface area (Å²) in [5.74, 6) is 0.162. The molecule has 0 atom stereocenters. The number of aromatic hydroxyl groups is 1. The number of benzene rings is 8. The molecule has 11 aromatic rings. The molecule has 0 fully saturated rings. The molecule has 0 amide bonds. The van der Waals surface area contributed by atoms with E-state index in [9.17, 15) is 5.11 Å². The third-order valence-electron chi connectivity index (χ3n) is 10.2. The van der Waals surface area contributed by atoms with Crippen molar-refractivity contribution in [3.05, 3.63) is 169 Å². The minimum absolute atomic E-state index is 0. The Balaban J connectivity index is 0.000000138. The van der Waals surface area contributed by atoms with Gasteiger partial charge in [0.25, 0.3) is 0 Å². The number of rotatable bonds is 3. The number of fused-ring (bicyclic) bond motifs is 11. The number of hydrogen-bond acceptors (Lipinski definition) is 2. The summed E-state index contributed by atoms with van der Waals surface area (Å²) in [5, 5.41) is 24.2. The van der Waals surface area contributed by atoms with Crippen molar-refractivity contribution >= 4 is 82.0 Å². The van der Waals surface area contributed by atoms with Crippen molar-refractivity contribution in [2.45, 2.75) is 0 Å². The second-order valence-corrected chi connectivity index (χ2v) is 13.1. The van der Waals surface area contributed by atoms with Crippen LogP contribution in [0.2, 0.25) is 0 Å². The zero-order valence-electron chi connectivity index (χ0n) is 28.7. The molecule has 6 heteroatoms. The van der Waals surface area contributed by atoms with Gasteiger partial charge in [0.2, 0.25) is 0 Å². The average molecular weight is 855 g/mol. The van der Waals surface area contributed by atoms with Crippen LogP contribution in [0.1, 0.15) is 0 Å². The zero-order valence-corrected chi connectivity index (χ0v) is 31.7. The number of H-pyrrole nitrogens is 1. The van der Waals surface area contributed by atoms with Crippen molar-refractivity contribution in [2.24, 2.45) is 0 Å². The molecule has 0 aliphatic carbocycles. The molecular weight excluding hydrogens is 822 g/mol. The molecule has 254 valence electrons. The minimum atomic E-state index is 0. The topological polar surface area (TPSA) is 68.2 Å². The van der Waals surface area contributed by atoms with Gasteiger partial charge in [-0.05, 0) is 70.9 Å². The summed E-state index contributed by atoms with van der Waals surface area (Å²) in [7, 11) is 1.69. The summed E-state index contributed by atoms with van der Waals surface area (Å²) in [5.41, 5.74) is 10.0. The van der Waals surface area contributed by atoms with E-state index >= 15 is 0 Å². The summed E-state index contributed by atoms with van der Waals surface area (Å²) in [6, 6.07) is 56.4. The second-order valence-electron chi connectivity index (χ2n) is 13.1. The molecular formula is C47H32N3O2W-. The Labute approximate surface area is 319 Å². The number of furan rings is 1. The van der Waals surface area contributed by atoms with E-state index in [1.165, 1.54) is 54.7 Å². The van der Waals surface area contributed by atoms with Gasteiger partial charge >= 0.3 is 0 Å². The van der Waals surface area contributed by atoms with Crippen LogP contribution in [0.4, 0.5) is 5.69 Å². The smallest absolute Gasteiger partial charge is 0.142 e. The Morgan fingerprint density at radius 1 is 0.566 bits per heavy atom. The summed E-state index contributed by atoms with van der Waals surface area (Å²) in [6.45, 7) is 0. The first-order chi connectivity index (χ1) is 25.7. The van der Waals surface area contributed by atoms with E-state index in [1.807, 2.05) is 36.4 Å². The predicted molar refractivity (Wildman–Crippen MR) is 217 cm³/mol. The molecule has 0 spiro atoms. The van der Waals surface area contributed by atoms with Gasteiger partial charge in [-0.3, -0.25) is 0 Å². The molecule has 3 heterocycles. The summed E-state index contributed by atoms with van der Waals surface area (Å²) in [4.78, 5) is 3.57. The summed E-state index contributed by atoms with van der Waals surface area (Å²) >= 11 is 0. The summed E-state index contributed by atoms with van der Waals surface area (Å²) < 4.78 is 8.54. The molecule has 0 aliphatic heterocycles. The number of phenols is 1. The van der Waals surface area contributed by atoms with Crippen molar-refractivity contribution in [3.63, 3.8) is 0 Å². The minimum Gasteiger partial charge on any atom is -0.683 e. The van der Waals surface area contributed by atoms with Crippen LogP contribution in [0.5, 0.6) is 5.75 Å². The van der Waals surface area contributed by atoms with Crippen molar-refractivity contribution in [3.8, 4) is 22.6 Å². The van der Waals surface area contributed by atoms with Crippen LogP contribution in [0.15, 0.2) is 168 Å². The SMILES string of the molecule is C[N-]c1c(O)cc(-c2ccc3ccccc3c2)c2oc3ccccc3c12.[W].c1ccc(-n2c3ccccc3c3c4c(ccc32)[nH]c2ccccc24)cc1. The molecule has 3 aromatic heterocycles. The van der Waals surface area contributed by atoms with Crippen LogP contribution >= 0.6 is 0 Å². The van der Waals surface area contributed by atoms with Gasteiger partial charge in [0.1, 0.15) is 16.9 Å². The summed E-state index contributed by atoms with van der Waals surface area (Å²) in [6.07, 6.45) is 0. The molecule has 5 nitrogen and oxygen atoms in total. The third kappa shape index (κ3) is 5.19. The Kier molecular flexibility index (Phi) is 8.02. The second kappa shape index (κ2) is 13.0. The van der Waals surface area contributed by atoms with Gasteiger partial charge in [-0.1, -0.05) is 115 Å². The fourth-order valence-electron chi connectivity index (χ4n) is 7.92. The fraction of sp³-hybridized carbons (Fsp3) is 0.0213. The maximum absolute atomic E-state index is 10.6. The number of aromatic nitrogens is 2. The molecule has 0 saturated carbocycles. The van der Waals surface area contributed by atoms with Gasteiger partial charge in [-0.2, -0.15) is 0 Å². The Morgan fingerprint density at radius 3 is 2.09 bits per heavy atom. The van der Waals surface area contributed by atoms with Crippen LogP contribution in [0.3, 0.4) is 0 Å². The van der Waals surface area contributed by atoms with E-state index in [0.29, 0.717) is 5.69 Å². The maximum Gasteiger partial charge on any atom is 0.142 e. The molecule has 0 aliphatic rings. The van der Waals surface area contributed by atoms with Gasteiger partial charge in [-0.15, -0.1) is 7.05 Å². The standard InChI is InChI=1S/C24H16N2.C23H16NO2.W/c1-2-8-16(9-3-1)26-21-13-7-5-11-18(21)24-22(26)15-14-20-23(24)17-10-4-6-12-19(17)25-20;1-24-22-19(25)13-18(16-11-10-14-6-2-3-7-15(14)12-16)23-21(22)17-8-4-5-9-20(17)26-23;/h1-15,25H;2-13,25H,1H3;/q;-1;. The molecule has 53 heavy (non-hydrogen) atoms. The number of nitrogens with zero attached hydrogens (tertiary/aromatic N) is 2. The van der Waals surface area contributed by atoms with Crippen molar-refractivity contribution in [2.75, 3.05) is 7.05 Å². The molecule has 0 bridgehead atoms. The van der Waals surface area contributed by atoms with Gasteiger partial charge < -0.3 is 24.4 Å². The van der Waals surface area contributed by atoms with E-state index in [1.54, 1.807) is 13.1 Å². The first-order valence-electron chi connectivity index (χ1n) is 17.4. The van der Waals surface area contributed by atoms with Gasteiger partial charge in [0, 0.05) is 75.7 Å². The monoisotopic (exact) mass is 854 g/mol. The Morgan fingerprint density at radius 2 is 1.26 bits per heavy atom. The largest absolute Gasteiger partial charge is 0.683 e. The maximum atomic E-state index is 10.6. The van der Waals surface area contributed by atoms with E-state index in [2.05, 4.69) is 136 Å². The number of aromatic amines is 1. The first-order valence-corrected chi connectivity index (χ1v) is 17.4. The number of phenolic OH excluding ortho intramolecular Hbond substituents is 1. The van der Waals surface area contributed by atoms with Crippen LogP contribution in [0, 0.1) is 0 Å². The van der Waals surface area contributed by atoms with Crippen LogP contribution in [-0.4, -0.2) is 21.7 Å². The molecule has 11 rings (SSSR count). The molecule has 2 N–H and O–H groups in total. The predicted octanol–water partition coefficient (Wildman–Crippen LogP) is 13.2. The molecule has 8 aromatic carbocycles. The van der Waals surface area contributed by atoms with Crippen LogP contribution in [-0.2, 0) is 21.1 Å². The van der Waals surface area contributed by atoms with E-state index < -0.39 is 0 Å². The normalized spacial score (nSPS) is 11.4. The molecule has 0 unspecified atom stereocenters. The van der Waals surface area contributed by atoms with E-state index in [-0.39, 0.29) is 26.8 Å². The van der Waals surface area contributed by atoms with Gasteiger partial charge in [0.05, 0.1) is 11.0 Å². The van der Waals surface area contributed by atoms with E-state index in [4.69, 9.17) is 4.42 Å². The quantitative estimate of drug-likeness (QED) is 0.186. The Bertz CT molecular complexity index is 3140. The third-order valence-corrected chi connectivity index (χ3v) is 10.2. The van der Waals surface area contributed by atoms with Crippen molar-refractivity contribution in [1.29, 1.82) is 0 Å². The van der Waals surface area contributed by atoms with E-state index in [0.717, 1.165) is 38.5 Å². The molecule has 0 saturated heterocycles. The average Bonchev–Trinajstić information content (AvgIpc) is 3.88. The number of para-hydroxylation sites is 4.